The standard InChI is InChI=1S/C18H26N2O4.ClH/c1-13(12-24-14(2)21)11-19-9-4-10-23-17-6-3-5-16-15(17)7-8-18(22)20-16;/h3,5-6,13,19H,4,7-12H2,1-2H3,(H,20,22);1H. The molecule has 140 valence electrons. The van der Waals surface area contributed by atoms with Crippen LogP contribution >= 0.6 is 12.4 Å². The molecule has 0 spiro atoms. The van der Waals surface area contributed by atoms with Crippen LogP contribution in [0.15, 0.2) is 18.2 Å². The van der Waals surface area contributed by atoms with Gasteiger partial charge in [-0.25, -0.2) is 0 Å². The quantitative estimate of drug-likeness (QED) is 0.516. The van der Waals surface area contributed by atoms with E-state index in [-0.39, 0.29) is 24.3 Å². The molecule has 0 saturated heterocycles. The number of amides is 1. The summed E-state index contributed by atoms with van der Waals surface area (Å²) in [5, 5.41) is 6.21. The maximum atomic E-state index is 11.4. The Balaban J connectivity index is 0.00000312. The number of hydrogen-bond acceptors (Lipinski definition) is 5. The van der Waals surface area contributed by atoms with Crippen molar-refractivity contribution in [2.75, 3.05) is 31.6 Å². The highest BCUT2D eigenvalue weighted by molar-refractivity contribution is 5.94. The average Bonchev–Trinajstić information content (AvgIpc) is 2.55. The van der Waals surface area contributed by atoms with Gasteiger partial charge in [-0.15, -0.1) is 12.4 Å². The summed E-state index contributed by atoms with van der Waals surface area (Å²) in [6.07, 6.45) is 2.12. The van der Waals surface area contributed by atoms with Crippen LogP contribution in [0.5, 0.6) is 5.75 Å². The Hall–Kier alpha value is -1.79. The number of carbonyl (C=O) groups is 2. The van der Waals surface area contributed by atoms with Gasteiger partial charge in [-0.05, 0) is 31.5 Å². The van der Waals surface area contributed by atoms with Crippen molar-refractivity contribution in [3.8, 4) is 5.75 Å². The van der Waals surface area contributed by atoms with Crippen molar-refractivity contribution >= 4 is 30.0 Å². The highest BCUT2D eigenvalue weighted by atomic mass is 35.5. The molecule has 6 nitrogen and oxygen atoms in total. The first-order valence-corrected chi connectivity index (χ1v) is 8.45. The topological polar surface area (TPSA) is 76.7 Å². The number of esters is 1. The Kier molecular flexibility index (Phi) is 9.31. The molecule has 0 fully saturated rings. The Morgan fingerprint density at radius 1 is 1.36 bits per heavy atom. The number of halogens is 1. The van der Waals surface area contributed by atoms with Crippen LogP contribution in [0.4, 0.5) is 5.69 Å². The molecular weight excluding hydrogens is 344 g/mol. The maximum absolute atomic E-state index is 11.4. The Morgan fingerprint density at radius 2 is 2.16 bits per heavy atom. The lowest BCUT2D eigenvalue weighted by atomic mass is 10.0. The van der Waals surface area contributed by atoms with E-state index in [4.69, 9.17) is 9.47 Å². The Bertz CT molecular complexity index is 580. The van der Waals surface area contributed by atoms with Crippen molar-refractivity contribution in [1.29, 1.82) is 0 Å². The van der Waals surface area contributed by atoms with E-state index >= 15 is 0 Å². The van der Waals surface area contributed by atoms with Crippen molar-refractivity contribution in [3.63, 3.8) is 0 Å². The minimum Gasteiger partial charge on any atom is -0.493 e. The minimum absolute atomic E-state index is 0. The molecule has 1 aliphatic heterocycles. The number of nitrogens with one attached hydrogen (secondary N) is 2. The second-order valence-corrected chi connectivity index (χ2v) is 6.14. The van der Waals surface area contributed by atoms with Gasteiger partial charge in [0.1, 0.15) is 5.75 Å². The zero-order valence-corrected chi connectivity index (χ0v) is 15.6. The van der Waals surface area contributed by atoms with Gasteiger partial charge in [0.2, 0.25) is 5.91 Å². The van der Waals surface area contributed by atoms with Crippen LogP contribution in [0, 0.1) is 5.92 Å². The van der Waals surface area contributed by atoms with Gasteiger partial charge < -0.3 is 20.1 Å². The number of rotatable bonds is 9. The predicted molar refractivity (Wildman–Crippen MR) is 99.4 cm³/mol. The number of anilines is 1. The van der Waals surface area contributed by atoms with Gasteiger partial charge in [-0.3, -0.25) is 9.59 Å². The number of fused-ring (bicyclic) bond motifs is 1. The first-order chi connectivity index (χ1) is 11.6. The molecule has 1 aliphatic rings. The SMILES string of the molecule is CC(=O)OCC(C)CNCCCOc1cccc2c1CCC(=O)N2.Cl. The summed E-state index contributed by atoms with van der Waals surface area (Å²) in [4.78, 5) is 22.2. The Morgan fingerprint density at radius 3 is 2.92 bits per heavy atom. The number of hydrogen-bond donors (Lipinski definition) is 2. The molecule has 2 N–H and O–H groups in total. The van der Waals surface area contributed by atoms with Gasteiger partial charge in [0, 0.05) is 37.1 Å². The van der Waals surface area contributed by atoms with Crippen LogP contribution in [-0.4, -0.2) is 38.2 Å². The second-order valence-electron chi connectivity index (χ2n) is 6.14. The highest BCUT2D eigenvalue weighted by Gasteiger charge is 2.18. The van der Waals surface area contributed by atoms with Crippen molar-refractivity contribution in [2.24, 2.45) is 5.92 Å². The molecule has 0 aromatic heterocycles. The second kappa shape index (κ2) is 10.9. The molecule has 2 rings (SSSR count). The van der Waals surface area contributed by atoms with Crippen LogP contribution < -0.4 is 15.4 Å². The van der Waals surface area contributed by atoms with Crippen molar-refractivity contribution in [3.05, 3.63) is 23.8 Å². The molecule has 1 atom stereocenters. The molecule has 0 radical (unpaired) electrons. The molecule has 25 heavy (non-hydrogen) atoms. The van der Waals surface area contributed by atoms with E-state index in [1.54, 1.807) is 0 Å². The fourth-order valence-corrected chi connectivity index (χ4v) is 2.57. The largest absolute Gasteiger partial charge is 0.493 e. The number of benzene rings is 1. The maximum Gasteiger partial charge on any atom is 0.302 e. The predicted octanol–water partition coefficient (Wildman–Crippen LogP) is 2.55. The summed E-state index contributed by atoms with van der Waals surface area (Å²) >= 11 is 0. The fourth-order valence-electron chi connectivity index (χ4n) is 2.57. The van der Waals surface area contributed by atoms with E-state index in [0.29, 0.717) is 25.6 Å². The van der Waals surface area contributed by atoms with E-state index in [1.807, 2.05) is 25.1 Å². The summed E-state index contributed by atoms with van der Waals surface area (Å²) < 4.78 is 10.8. The number of ether oxygens (including phenoxy) is 2. The molecule has 1 heterocycles. The minimum atomic E-state index is -0.238. The Labute approximate surface area is 155 Å². The monoisotopic (exact) mass is 370 g/mol. The van der Waals surface area contributed by atoms with Crippen molar-refractivity contribution < 1.29 is 19.1 Å². The normalized spacial score (nSPS) is 13.9. The summed E-state index contributed by atoms with van der Waals surface area (Å²) in [5.41, 5.74) is 1.95. The molecule has 1 aromatic carbocycles. The smallest absolute Gasteiger partial charge is 0.302 e. The van der Waals surface area contributed by atoms with Gasteiger partial charge in [-0.1, -0.05) is 13.0 Å². The molecule has 0 saturated carbocycles. The summed E-state index contributed by atoms with van der Waals surface area (Å²) in [7, 11) is 0. The van der Waals surface area contributed by atoms with Crippen molar-refractivity contribution in [2.45, 2.75) is 33.1 Å². The van der Waals surface area contributed by atoms with Crippen molar-refractivity contribution in [1.82, 2.24) is 5.32 Å². The molecule has 0 aliphatic carbocycles. The summed E-state index contributed by atoms with van der Waals surface area (Å²) in [5.74, 6) is 0.972. The van der Waals surface area contributed by atoms with Gasteiger partial charge in [0.05, 0.1) is 13.2 Å². The average molecular weight is 371 g/mol. The molecular formula is C18H27ClN2O4. The van der Waals surface area contributed by atoms with E-state index in [0.717, 1.165) is 42.9 Å². The molecule has 1 aromatic rings. The summed E-state index contributed by atoms with van der Waals surface area (Å²) in [6.45, 7) is 6.18. The first-order valence-electron chi connectivity index (χ1n) is 8.45. The third kappa shape index (κ3) is 7.32. The van der Waals surface area contributed by atoms with Gasteiger partial charge in [0.15, 0.2) is 0 Å². The summed E-state index contributed by atoms with van der Waals surface area (Å²) in [6, 6.07) is 5.75. The third-order valence-electron chi connectivity index (χ3n) is 3.83. The molecule has 7 heteroatoms. The van der Waals surface area contributed by atoms with Crippen LogP contribution in [-0.2, 0) is 20.7 Å². The molecule has 1 amide bonds. The third-order valence-corrected chi connectivity index (χ3v) is 3.83. The first kappa shape index (κ1) is 21.3. The van der Waals surface area contributed by atoms with Gasteiger partial charge in [0.25, 0.3) is 0 Å². The fraction of sp³-hybridized carbons (Fsp3) is 0.556. The molecule has 0 bridgehead atoms. The van der Waals surface area contributed by atoms with Gasteiger partial charge in [-0.2, -0.15) is 0 Å². The van der Waals surface area contributed by atoms with E-state index in [2.05, 4.69) is 10.6 Å². The van der Waals surface area contributed by atoms with E-state index in [9.17, 15) is 9.59 Å². The lowest BCUT2D eigenvalue weighted by Gasteiger charge is -2.20. The van der Waals surface area contributed by atoms with Crippen LogP contribution in [0.3, 0.4) is 0 Å². The van der Waals surface area contributed by atoms with Crippen LogP contribution in [0.2, 0.25) is 0 Å². The van der Waals surface area contributed by atoms with Crippen LogP contribution in [0.25, 0.3) is 0 Å². The van der Waals surface area contributed by atoms with E-state index in [1.165, 1.54) is 6.92 Å². The van der Waals surface area contributed by atoms with Gasteiger partial charge >= 0.3 is 5.97 Å². The lowest BCUT2D eigenvalue weighted by Crippen LogP contribution is -2.26. The zero-order chi connectivity index (χ0) is 17.4. The van der Waals surface area contributed by atoms with E-state index < -0.39 is 0 Å². The number of carbonyl (C=O) groups excluding carboxylic acids is 2. The lowest BCUT2D eigenvalue weighted by molar-refractivity contribution is -0.142. The zero-order valence-electron chi connectivity index (χ0n) is 14.8. The molecule has 1 unspecified atom stereocenters. The highest BCUT2D eigenvalue weighted by Crippen LogP contribution is 2.30. The van der Waals surface area contributed by atoms with Crippen LogP contribution in [0.1, 0.15) is 32.3 Å².